The lowest BCUT2D eigenvalue weighted by Crippen LogP contribution is -2.76. The van der Waals surface area contributed by atoms with Crippen molar-refractivity contribution in [3.63, 3.8) is 0 Å². The number of ether oxygens (including phenoxy) is 1. The first kappa shape index (κ1) is 11.8. The number of carbonyl (C=O) groups excluding carboxylic acids is 1. The van der Waals surface area contributed by atoms with Crippen LogP contribution in [-0.4, -0.2) is 51.4 Å². The van der Waals surface area contributed by atoms with Gasteiger partial charge in [0.2, 0.25) is 5.91 Å². The fourth-order valence-electron chi connectivity index (χ4n) is 3.41. The van der Waals surface area contributed by atoms with E-state index in [0.717, 1.165) is 18.6 Å². The molecule has 3 aliphatic heterocycles. The molecular formula is C12H19NO3S. The first-order chi connectivity index (χ1) is 7.96. The molecule has 4 nitrogen and oxygen atoms in total. The molecule has 0 bridgehead atoms. The molecule has 3 unspecified atom stereocenters. The third-order valence-electron chi connectivity index (χ3n) is 4.28. The largest absolute Gasteiger partial charge is 0.388 e. The van der Waals surface area contributed by atoms with E-state index >= 15 is 0 Å². The van der Waals surface area contributed by atoms with Crippen LogP contribution in [0.5, 0.6) is 0 Å². The second-order valence-corrected chi connectivity index (χ2v) is 6.85. The van der Waals surface area contributed by atoms with E-state index in [1.807, 2.05) is 18.7 Å². The molecule has 3 heterocycles. The minimum Gasteiger partial charge on any atom is -0.388 e. The van der Waals surface area contributed by atoms with Gasteiger partial charge in [0.15, 0.2) is 0 Å². The van der Waals surface area contributed by atoms with E-state index in [9.17, 15) is 9.90 Å². The smallest absolute Gasteiger partial charge is 0.233 e. The van der Waals surface area contributed by atoms with Crippen LogP contribution in [-0.2, 0) is 9.53 Å². The molecule has 0 aromatic carbocycles. The molecule has 3 aliphatic rings. The second kappa shape index (κ2) is 3.62. The summed E-state index contributed by atoms with van der Waals surface area (Å²) >= 11 is 1.75. The molecule has 0 radical (unpaired) electrons. The van der Waals surface area contributed by atoms with Crippen molar-refractivity contribution in [1.29, 1.82) is 0 Å². The normalized spacial score (nSPS) is 44.4. The Kier molecular flexibility index (Phi) is 2.51. The van der Waals surface area contributed by atoms with Crippen molar-refractivity contribution in [3.8, 4) is 0 Å². The van der Waals surface area contributed by atoms with Gasteiger partial charge in [0, 0.05) is 5.75 Å². The number of hydrogen-bond acceptors (Lipinski definition) is 4. The highest BCUT2D eigenvalue weighted by Gasteiger charge is 2.62. The van der Waals surface area contributed by atoms with E-state index < -0.39 is 11.3 Å². The number of thioether (sulfide) groups is 1. The maximum Gasteiger partial charge on any atom is 0.233 e. The fraction of sp³-hybridized carbons (Fsp3) is 0.917. The Labute approximate surface area is 106 Å². The Balaban J connectivity index is 1.84. The molecule has 0 aromatic rings. The number of aliphatic hydroxyl groups is 1. The number of nitrogens with zero attached hydrogens (tertiary/aromatic N) is 1. The Morgan fingerprint density at radius 3 is 2.94 bits per heavy atom. The van der Waals surface area contributed by atoms with Crippen LogP contribution in [0.4, 0.5) is 0 Å². The number of amides is 1. The lowest BCUT2D eigenvalue weighted by atomic mass is 9.71. The van der Waals surface area contributed by atoms with Gasteiger partial charge >= 0.3 is 0 Å². The first-order valence-electron chi connectivity index (χ1n) is 6.23. The summed E-state index contributed by atoms with van der Waals surface area (Å²) in [5.74, 6) is 1.55. The Morgan fingerprint density at radius 1 is 1.53 bits per heavy atom. The van der Waals surface area contributed by atoms with Crippen molar-refractivity contribution < 1.29 is 14.6 Å². The molecule has 0 aromatic heterocycles. The van der Waals surface area contributed by atoms with Gasteiger partial charge in [-0.25, -0.2) is 0 Å². The number of carbonyl (C=O) groups is 1. The zero-order valence-electron chi connectivity index (χ0n) is 10.3. The lowest BCUT2D eigenvalue weighted by Gasteiger charge is -2.60. The van der Waals surface area contributed by atoms with Crippen LogP contribution in [0.2, 0.25) is 0 Å². The highest BCUT2D eigenvalue weighted by atomic mass is 32.2. The molecule has 0 aliphatic carbocycles. The molecule has 0 spiro atoms. The lowest BCUT2D eigenvalue weighted by molar-refractivity contribution is -0.249. The first-order valence-corrected chi connectivity index (χ1v) is 7.38. The minimum absolute atomic E-state index is 0.0738. The summed E-state index contributed by atoms with van der Waals surface area (Å²) in [6.07, 6.45) is 1.60. The molecule has 0 saturated carbocycles. The topological polar surface area (TPSA) is 49.8 Å². The summed E-state index contributed by atoms with van der Waals surface area (Å²) in [7, 11) is 0. The molecule has 3 fully saturated rings. The zero-order valence-corrected chi connectivity index (χ0v) is 11.1. The fourth-order valence-corrected chi connectivity index (χ4v) is 4.73. The SMILES string of the molecule is CC1(C)OCCC2C(C3(O)CCSC3)C(=O)N21. The summed E-state index contributed by atoms with van der Waals surface area (Å²) in [6, 6.07) is 0.176. The van der Waals surface area contributed by atoms with Crippen molar-refractivity contribution in [3.05, 3.63) is 0 Å². The van der Waals surface area contributed by atoms with Gasteiger partial charge in [0.25, 0.3) is 0 Å². The zero-order chi connectivity index (χ0) is 12.3. The molecule has 1 amide bonds. The average Bonchev–Trinajstić information content (AvgIpc) is 2.62. The van der Waals surface area contributed by atoms with E-state index in [1.165, 1.54) is 0 Å². The number of fused-ring (bicyclic) bond motifs is 1. The van der Waals surface area contributed by atoms with Crippen LogP contribution in [0.15, 0.2) is 0 Å². The van der Waals surface area contributed by atoms with Gasteiger partial charge < -0.3 is 14.7 Å². The average molecular weight is 257 g/mol. The Morgan fingerprint density at radius 2 is 2.29 bits per heavy atom. The predicted octanol–water partition coefficient (Wildman–Crippen LogP) is 0.838. The van der Waals surface area contributed by atoms with Gasteiger partial charge in [0.05, 0.1) is 24.2 Å². The second-order valence-electron chi connectivity index (χ2n) is 5.74. The highest BCUT2D eigenvalue weighted by Crippen LogP contribution is 2.48. The molecule has 3 saturated heterocycles. The summed E-state index contributed by atoms with van der Waals surface area (Å²) in [5.41, 5.74) is -1.27. The molecule has 3 rings (SSSR count). The Hall–Kier alpha value is -0.260. The molecule has 96 valence electrons. The third kappa shape index (κ3) is 1.55. The molecule has 5 heteroatoms. The van der Waals surface area contributed by atoms with Crippen LogP contribution in [0.25, 0.3) is 0 Å². The van der Waals surface area contributed by atoms with Gasteiger partial charge in [-0.2, -0.15) is 11.8 Å². The maximum atomic E-state index is 12.3. The van der Waals surface area contributed by atoms with Crippen molar-refractivity contribution in [2.75, 3.05) is 18.1 Å². The standard InChI is InChI=1S/C12H19NO3S/c1-11(2)13-8(3-5-16-11)9(10(13)14)12(15)4-6-17-7-12/h8-9,15H,3-7H2,1-2H3. The van der Waals surface area contributed by atoms with Crippen molar-refractivity contribution in [1.82, 2.24) is 4.90 Å². The van der Waals surface area contributed by atoms with E-state index in [0.29, 0.717) is 12.4 Å². The van der Waals surface area contributed by atoms with E-state index in [-0.39, 0.29) is 17.9 Å². The van der Waals surface area contributed by atoms with Crippen LogP contribution < -0.4 is 0 Å². The van der Waals surface area contributed by atoms with Gasteiger partial charge in [0.1, 0.15) is 5.72 Å². The maximum absolute atomic E-state index is 12.3. The van der Waals surface area contributed by atoms with Gasteiger partial charge in [-0.1, -0.05) is 0 Å². The van der Waals surface area contributed by atoms with Crippen molar-refractivity contribution in [2.24, 2.45) is 5.92 Å². The highest BCUT2D eigenvalue weighted by molar-refractivity contribution is 7.99. The number of hydrogen-bond donors (Lipinski definition) is 1. The minimum atomic E-state index is -0.768. The van der Waals surface area contributed by atoms with Crippen LogP contribution in [0.3, 0.4) is 0 Å². The van der Waals surface area contributed by atoms with Crippen molar-refractivity contribution >= 4 is 17.7 Å². The molecule has 1 N–H and O–H groups in total. The third-order valence-corrected chi connectivity index (χ3v) is 5.48. The van der Waals surface area contributed by atoms with E-state index in [4.69, 9.17) is 4.74 Å². The summed E-state index contributed by atoms with van der Waals surface area (Å²) in [4.78, 5) is 14.1. The van der Waals surface area contributed by atoms with Crippen LogP contribution >= 0.6 is 11.8 Å². The van der Waals surface area contributed by atoms with Crippen LogP contribution in [0.1, 0.15) is 26.7 Å². The van der Waals surface area contributed by atoms with E-state index in [1.54, 1.807) is 11.8 Å². The number of β-lactam (4-membered cyclic amide) rings is 1. The quantitative estimate of drug-likeness (QED) is 0.707. The van der Waals surface area contributed by atoms with Crippen LogP contribution in [0, 0.1) is 5.92 Å². The Bertz CT molecular complexity index is 352. The monoisotopic (exact) mass is 257 g/mol. The summed E-state index contributed by atoms with van der Waals surface area (Å²) in [5, 5.41) is 10.6. The predicted molar refractivity (Wildman–Crippen MR) is 65.7 cm³/mol. The van der Waals surface area contributed by atoms with Gasteiger partial charge in [-0.05, 0) is 32.4 Å². The number of rotatable bonds is 1. The molecule has 17 heavy (non-hydrogen) atoms. The molecular weight excluding hydrogens is 238 g/mol. The molecule has 3 atom stereocenters. The van der Waals surface area contributed by atoms with Crippen molar-refractivity contribution in [2.45, 2.75) is 44.1 Å². The summed E-state index contributed by atoms with van der Waals surface area (Å²) < 4.78 is 5.63. The van der Waals surface area contributed by atoms with E-state index in [2.05, 4.69) is 0 Å². The van der Waals surface area contributed by atoms with Gasteiger partial charge in [-0.3, -0.25) is 4.79 Å². The summed E-state index contributed by atoms with van der Waals surface area (Å²) in [6.45, 7) is 4.54. The van der Waals surface area contributed by atoms with Gasteiger partial charge in [-0.15, -0.1) is 0 Å².